The van der Waals surface area contributed by atoms with Gasteiger partial charge in [-0.05, 0) is 21.5 Å². The van der Waals surface area contributed by atoms with Crippen molar-refractivity contribution in [2.45, 2.75) is 10.9 Å². The lowest BCUT2D eigenvalue weighted by Crippen LogP contribution is -2.18. The van der Waals surface area contributed by atoms with E-state index in [-0.39, 0.29) is 13.0 Å². The van der Waals surface area contributed by atoms with E-state index in [9.17, 15) is 5.11 Å². The minimum atomic E-state index is -1.09. The minimum absolute atomic E-state index is 0.0450. The summed E-state index contributed by atoms with van der Waals surface area (Å²) in [5.41, 5.74) is 0.763. The van der Waals surface area contributed by atoms with Gasteiger partial charge in [0.25, 0.3) is 0 Å². The molecule has 0 aliphatic rings. The molecule has 2 nitrogen and oxygen atoms in total. The van der Waals surface area contributed by atoms with E-state index in [1.807, 2.05) is 30.3 Å². The Hall–Kier alpha value is -0.380. The standard InChI is InChI=1S/C9H11BrO2/c10-9(12,6-7-11)8-4-2-1-3-5-8/h1-5,11-12H,6-7H2. The first kappa shape index (κ1) is 9.71. The number of aliphatic hydroxyl groups excluding tert-OH is 1. The second-order valence-corrected chi connectivity index (χ2v) is 3.91. The Morgan fingerprint density at radius 3 is 2.33 bits per heavy atom. The predicted molar refractivity (Wildman–Crippen MR) is 51.0 cm³/mol. The summed E-state index contributed by atoms with van der Waals surface area (Å²) >= 11 is 3.15. The number of hydrogen-bond acceptors (Lipinski definition) is 2. The second kappa shape index (κ2) is 4.03. The van der Waals surface area contributed by atoms with Gasteiger partial charge in [0.1, 0.15) is 4.51 Å². The summed E-state index contributed by atoms with van der Waals surface area (Å²) in [7, 11) is 0. The van der Waals surface area contributed by atoms with Crippen molar-refractivity contribution in [3.63, 3.8) is 0 Å². The molecule has 0 heterocycles. The van der Waals surface area contributed by atoms with Gasteiger partial charge in [-0.15, -0.1) is 0 Å². The summed E-state index contributed by atoms with van der Waals surface area (Å²) in [6.45, 7) is -0.0450. The second-order valence-electron chi connectivity index (χ2n) is 2.60. The third kappa shape index (κ3) is 2.30. The molecular weight excluding hydrogens is 220 g/mol. The first-order chi connectivity index (χ1) is 5.67. The van der Waals surface area contributed by atoms with Crippen molar-refractivity contribution in [2.75, 3.05) is 6.61 Å². The van der Waals surface area contributed by atoms with Gasteiger partial charge in [0.15, 0.2) is 0 Å². The third-order valence-corrected chi connectivity index (χ3v) is 2.51. The van der Waals surface area contributed by atoms with E-state index in [0.29, 0.717) is 0 Å². The molecule has 2 N–H and O–H groups in total. The van der Waals surface area contributed by atoms with Gasteiger partial charge in [0.05, 0.1) is 0 Å². The van der Waals surface area contributed by atoms with Gasteiger partial charge in [-0.25, -0.2) is 0 Å². The van der Waals surface area contributed by atoms with E-state index >= 15 is 0 Å². The van der Waals surface area contributed by atoms with Crippen LogP contribution in [0, 0.1) is 0 Å². The maximum Gasteiger partial charge on any atom is 0.147 e. The van der Waals surface area contributed by atoms with E-state index < -0.39 is 4.51 Å². The number of alkyl halides is 1. The Balaban J connectivity index is 2.82. The van der Waals surface area contributed by atoms with Gasteiger partial charge in [-0.1, -0.05) is 30.3 Å². The van der Waals surface area contributed by atoms with Gasteiger partial charge < -0.3 is 10.2 Å². The molecule has 0 amide bonds. The Labute approximate surface area is 80.0 Å². The zero-order valence-electron chi connectivity index (χ0n) is 6.57. The molecule has 3 heteroatoms. The molecule has 1 rings (SSSR count). The highest BCUT2D eigenvalue weighted by Crippen LogP contribution is 2.30. The Morgan fingerprint density at radius 1 is 1.25 bits per heavy atom. The molecule has 0 aromatic heterocycles. The summed E-state index contributed by atoms with van der Waals surface area (Å²) in [5.74, 6) is 0. The fraction of sp³-hybridized carbons (Fsp3) is 0.333. The molecule has 0 fully saturated rings. The van der Waals surface area contributed by atoms with E-state index in [4.69, 9.17) is 5.11 Å². The maximum atomic E-state index is 9.74. The SMILES string of the molecule is OCCC(O)(Br)c1ccccc1. The Kier molecular flexibility index (Phi) is 3.26. The van der Waals surface area contributed by atoms with Crippen LogP contribution in [-0.2, 0) is 4.51 Å². The highest BCUT2D eigenvalue weighted by molar-refractivity contribution is 9.09. The molecular formula is C9H11BrO2. The van der Waals surface area contributed by atoms with Crippen LogP contribution < -0.4 is 0 Å². The average Bonchev–Trinajstić information content (AvgIpc) is 2.06. The van der Waals surface area contributed by atoms with Gasteiger partial charge in [-0.3, -0.25) is 0 Å². The van der Waals surface area contributed by atoms with Crippen LogP contribution in [0.25, 0.3) is 0 Å². The summed E-state index contributed by atoms with van der Waals surface area (Å²) in [6.07, 6.45) is 0.289. The first-order valence-corrected chi connectivity index (χ1v) is 4.54. The molecule has 12 heavy (non-hydrogen) atoms. The number of benzene rings is 1. The fourth-order valence-electron chi connectivity index (χ4n) is 0.986. The molecule has 0 spiro atoms. The molecule has 1 aromatic carbocycles. The van der Waals surface area contributed by atoms with Crippen LogP contribution in [0.1, 0.15) is 12.0 Å². The van der Waals surface area contributed by atoms with E-state index in [1.54, 1.807) is 0 Å². The highest BCUT2D eigenvalue weighted by atomic mass is 79.9. The summed E-state index contributed by atoms with van der Waals surface area (Å²) < 4.78 is -1.09. The lowest BCUT2D eigenvalue weighted by Gasteiger charge is -2.20. The fourth-order valence-corrected chi connectivity index (χ4v) is 1.43. The average molecular weight is 231 g/mol. The van der Waals surface area contributed by atoms with Crippen molar-refractivity contribution in [3.8, 4) is 0 Å². The van der Waals surface area contributed by atoms with Crippen molar-refractivity contribution < 1.29 is 10.2 Å². The van der Waals surface area contributed by atoms with Crippen LogP contribution >= 0.6 is 15.9 Å². The van der Waals surface area contributed by atoms with Gasteiger partial charge >= 0.3 is 0 Å². The van der Waals surface area contributed by atoms with Crippen LogP contribution in [0.4, 0.5) is 0 Å². The Morgan fingerprint density at radius 2 is 1.83 bits per heavy atom. The van der Waals surface area contributed by atoms with Crippen molar-refractivity contribution in [3.05, 3.63) is 35.9 Å². The van der Waals surface area contributed by atoms with E-state index in [1.165, 1.54) is 0 Å². The number of aliphatic hydroxyl groups is 2. The topological polar surface area (TPSA) is 40.5 Å². The smallest absolute Gasteiger partial charge is 0.147 e. The summed E-state index contributed by atoms with van der Waals surface area (Å²) in [4.78, 5) is 0. The molecule has 1 aromatic rings. The zero-order chi connectivity index (χ0) is 9.03. The van der Waals surface area contributed by atoms with Gasteiger partial charge in [-0.2, -0.15) is 0 Å². The number of hydrogen-bond donors (Lipinski definition) is 2. The van der Waals surface area contributed by atoms with Crippen LogP contribution in [0.2, 0.25) is 0 Å². The van der Waals surface area contributed by atoms with Crippen molar-refractivity contribution in [2.24, 2.45) is 0 Å². The number of rotatable bonds is 3. The zero-order valence-corrected chi connectivity index (χ0v) is 8.16. The first-order valence-electron chi connectivity index (χ1n) is 3.74. The van der Waals surface area contributed by atoms with Gasteiger partial charge in [0, 0.05) is 13.0 Å². The quantitative estimate of drug-likeness (QED) is 0.776. The van der Waals surface area contributed by atoms with Gasteiger partial charge in [0.2, 0.25) is 0 Å². The maximum absolute atomic E-state index is 9.74. The third-order valence-electron chi connectivity index (χ3n) is 1.66. The molecule has 0 aliphatic carbocycles. The van der Waals surface area contributed by atoms with Crippen LogP contribution in [0.15, 0.2) is 30.3 Å². The lowest BCUT2D eigenvalue weighted by atomic mass is 10.1. The molecule has 0 aliphatic heterocycles. The minimum Gasteiger partial charge on any atom is -0.396 e. The molecule has 0 saturated carbocycles. The van der Waals surface area contributed by atoms with Crippen molar-refractivity contribution in [1.29, 1.82) is 0 Å². The molecule has 1 unspecified atom stereocenters. The molecule has 0 saturated heterocycles. The van der Waals surface area contributed by atoms with E-state index in [2.05, 4.69) is 15.9 Å². The van der Waals surface area contributed by atoms with Crippen molar-refractivity contribution in [1.82, 2.24) is 0 Å². The Bertz CT molecular complexity index is 234. The molecule has 66 valence electrons. The van der Waals surface area contributed by atoms with Crippen LogP contribution in [0.3, 0.4) is 0 Å². The number of halogens is 1. The monoisotopic (exact) mass is 230 g/mol. The molecule has 0 bridgehead atoms. The normalized spacial score (nSPS) is 15.6. The van der Waals surface area contributed by atoms with Crippen molar-refractivity contribution >= 4 is 15.9 Å². The molecule has 1 atom stereocenters. The lowest BCUT2D eigenvalue weighted by molar-refractivity contribution is 0.107. The molecule has 0 radical (unpaired) electrons. The predicted octanol–water partition coefficient (Wildman–Crippen LogP) is 1.61. The summed E-state index contributed by atoms with van der Waals surface area (Å²) in [5, 5.41) is 18.4. The van der Waals surface area contributed by atoms with E-state index in [0.717, 1.165) is 5.56 Å². The largest absolute Gasteiger partial charge is 0.396 e. The van der Waals surface area contributed by atoms with Crippen LogP contribution in [0.5, 0.6) is 0 Å². The highest BCUT2D eigenvalue weighted by Gasteiger charge is 2.23. The summed E-state index contributed by atoms with van der Waals surface area (Å²) in [6, 6.07) is 9.19. The van der Waals surface area contributed by atoms with Crippen LogP contribution in [-0.4, -0.2) is 16.8 Å².